The normalized spacial score (nSPS) is 14.0. The summed E-state index contributed by atoms with van der Waals surface area (Å²) >= 11 is 1.65. The van der Waals surface area contributed by atoms with Crippen molar-refractivity contribution in [2.75, 3.05) is 36.9 Å². The molecule has 4 heterocycles. The highest BCUT2D eigenvalue weighted by Crippen LogP contribution is 2.32. The SMILES string of the molecule is CC(C)(C)c1cc(NC(=O)Nc2ccc(-c3cn4c(n3)sc3cc(OCCN5CCCCC5)ccc34)cc2)no1.CCC.[HH].[HH]. The van der Waals surface area contributed by atoms with Gasteiger partial charge in [-0.05, 0) is 56.3 Å². The molecule has 0 radical (unpaired) electrons. The van der Waals surface area contributed by atoms with E-state index in [4.69, 9.17) is 14.2 Å². The summed E-state index contributed by atoms with van der Waals surface area (Å²) in [5, 5.41) is 9.47. The molecule has 9 nitrogen and oxygen atoms in total. The largest absolute Gasteiger partial charge is 0.492 e. The fourth-order valence-electron chi connectivity index (χ4n) is 4.88. The molecule has 0 saturated carbocycles. The van der Waals surface area contributed by atoms with Crippen LogP contribution in [0, 0.1) is 0 Å². The summed E-state index contributed by atoms with van der Waals surface area (Å²) in [6.07, 6.45) is 7.24. The van der Waals surface area contributed by atoms with Crippen molar-refractivity contribution in [2.45, 2.75) is 65.7 Å². The summed E-state index contributed by atoms with van der Waals surface area (Å²) in [6, 6.07) is 15.2. The Labute approximate surface area is 260 Å². The molecule has 43 heavy (non-hydrogen) atoms. The van der Waals surface area contributed by atoms with Crippen molar-refractivity contribution in [1.82, 2.24) is 19.4 Å². The Morgan fingerprint density at radius 3 is 2.49 bits per heavy atom. The van der Waals surface area contributed by atoms with Gasteiger partial charge in [-0.1, -0.05) is 76.1 Å². The molecule has 6 rings (SSSR count). The molecule has 5 aromatic rings. The Hall–Kier alpha value is -3.89. The van der Waals surface area contributed by atoms with Gasteiger partial charge < -0.3 is 14.6 Å². The number of rotatable bonds is 7. The number of hydrogen-bond acceptors (Lipinski definition) is 7. The Morgan fingerprint density at radius 1 is 1.05 bits per heavy atom. The van der Waals surface area contributed by atoms with E-state index in [0.29, 0.717) is 23.9 Å². The predicted molar refractivity (Wildman–Crippen MR) is 180 cm³/mol. The summed E-state index contributed by atoms with van der Waals surface area (Å²) in [6.45, 7) is 14.4. The molecule has 2 aromatic carbocycles. The summed E-state index contributed by atoms with van der Waals surface area (Å²) in [7, 11) is 0. The zero-order chi connectivity index (χ0) is 30.4. The quantitative estimate of drug-likeness (QED) is 0.192. The van der Waals surface area contributed by atoms with Crippen LogP contribution >= 0.6 is 11.3 Å². The monoisotopic (exact) mass is 606 g/mol. The van der Waals surface area contributed by atoms with Gasteiger partial charge in [-0.25, -0.2) is 9.78 Å². The number of thiazole rings is 1. The van der Waals surface area contributed by atoms with Crippen molar-refractivity contribution in [3.05, 3.63) is 60.5 Å². The minimum Gasteiger partial charge on any atom is -0.492 e. The van der Waals surface area contributed by atoms with Crippen molar-refractivity contribution in [3.8, 4) is 17.0 Å². The molecule has 0 aliphatic carbocycles. The maximum absolute atomic E-state index is 12.4. The summed E-state index contributed by atoms with van der Waals surface area (Å²) in [4.78, 5) is 20.7. The Balaban J connectivity index is 0.00000106. The Morgan fingerprint density at radius 2 is 1.79 bits per heavy atom. The number of hydrogen-bond donors (Lipinski definition) is 2. The minimum atomic E-state index is -0.384. The number of urea groups is 1. The first-order valence-corrected chi connectivity index (χ1v) is 16.0. The third-order valence-corrected chi connectivity index (χ3v) is 8.14. The third kappa shape index (κ3) is 7.74. The highest BCUT2D eigenvalue weighted by Gasteiger charge is 2.20. The minimum absolute atomic E-state index is 0. The fraction of sp³-hybridized carbons (Fsp3) is 0.424. The van der Waals surface area contributed by atoms with E-state index in [0.717, 1.165) is 38.7 Å². The Kier molecular flexibility index (Phi) is 9.67. The van der Waals surface area contributed by atoms with E-state index in [9.17, 15) is 4.79 Å². The van der Waals surface area contributed by atoms with Crippen LogP contribution in [0.5, 0.6) is 5.75 Å². The molecule has 1 aliphatic heterocycles. The number of anilines is 2. The number of nitrogens with zero attached hydrogens (tertiary/aromatic N) is 4. The van der Waals surface area contributed by atoms with Crippen molar-refractivity contribution in [2.24, 2.45) is 0 Å². The zero-order valence-corrected chi connectivity index (χ0v) is 26.6. The molecule has 1 saturated heterocycles. The van der Waals surface area contributed by atoms with Crippen molar-refractivity contribution in [3.63, 3.8) is 0 Å². The molecule has 232 valence electrons. The van der Waals surface area contributed by atoms with Crippen molar-refractivity contribution in [1.29, 1.82) is 0 Å². The molecular weight excluding hydrogens is 560 g/mol. The van der Waals surface area contributed by atoms with Crippen molar-refractivity contribution < 1.29 is 16.9 Å². The molecule has 0 unspecified atom stereocenters. The predicted octanol–water partition coefficient (Wildman–Crippen LogP) is 8.92. The van der Waals surface area contributed by atoms with Gasteiger partial charge in [0, 0.05) is 38.3 Å². The first kappa shape index (κ1) is 30.6. The lowest BCUT2D eigenvalue weighted by atomic mass is 9.93. The maximum atomic E-state index is 12.4. The molecule has 2 amide bonds. The summed E-state index contributed by atoms with van der Waals surface area (Å²) in [5.74, 6) is 1.98. The van der Waals surface area contributed by atoms with Gasteiger partial charge in [0.25, 0.3) is 0 Å². The zero-order valence-electron chi connectivity index (χ0n) is 25.8. The van der Waals surface area contributed by atoms with E-state index in [1.54, 1.807) is 17.4 Å². The van der Waals surface area contributed by atoms with Crippen LogP contribution in [-0.2, 0) is 5.41 Å². The van der Waals surface area contributed by atoms with Crippen LogP contribution in [0.4, 0.5) is 16.3 Å². The summed E-state index contributed by atoms with van der Waals surface area (Å²) < 4.78 is 14.7. The number of nitrogens with one attached hydrogen (secondary N) is 2. The number of imidazole rings is 1. The van der Waals surface area contributed by atoms with Gasteiger partial charge in [0.1, 0.15) is 18.1 Å². The highest BCUT2D eigenvalue weighted by atomic mass is 32.1. The molecule has 1 fully saturated rings. The first-order valence-electron chi connectivity index (χ1n) is 15.2. The first-order chi connectivity index (χ1) is 20.7. The molecule has 2 N–H and O–H groups in total. The van der Waals surface area contributed by atoms with E-state index in [1.165, 1.54) is 38.8 Å². The third-order valence-electron chi connectivity index (χ3n) is 7.12. The second-order valence-corrected chi connectivity index (χ2v) is 13.0. The van der Waals surface area contributed by atoms with Crippen LogP contribution in [0.1, 0.15) is 68.9 Å². The van der Waals surface area contributed by atoms with E-state index < -0.39 is 0 Å². The second-order valence-electron chi connectivity index (χ2n) is 12.0. The van der Waals surface area contributed by atoms with E-state index >= 15 is 0 Å². The molecular formula is C33H46N6O3S. The topological polar surface area (TPSA) is 96.9 Å². The van der Waals surface area contributed by atoms with Gasteiger partial charge >= 0.3 is 6.03 Å². The average molecular weight is 607 g/mol. The molecule has 3 aromatic heterocycles. The van der Waals surface area contributed by atoms with Crippen LogP contribution < -0.4 is 15.4 Å². The van der Waals surface area contributed by atoms with Crippen LogP contribution in [0.25, 0.3) is 26.4 Å². The van der Waals surface area contributed by atoms with E-state index in [-0.39, 0.29) is 14.3 Å². The number of aromatic nitrogens is 3. The number of amides is 2. The number of carbonyl (C=O) groups is 1. The number of likely N-dealkylation sites (tertiary alicyclic amines) is 1. The van der Waals surface area contributed by atoms with Crippen LogP contribution in [0.3, 0.4) is 0 Å². The van der Waals surface area contributed by atoms with Gasteiger partial charge in [-0.3, -0.25) is 14.6 Å². The number of piperidine rings is 1. The van der Waals surface area contributed by atoms with Crippen molar-refractivity contribution >= 4 is 44.1 Å². The summed E-state index contributed by atoms with van der Waals surface area (Å²) in [5.41, 5.74) is 3.44. The average Bonchev–Trinajstić information content (AvgIpc) is 3.69. The van der Waals surface area contributed by atoms with E-state index in [1.807, 2.05) is 51.1 Å². The molecule has 0 bridgehead atoms. The molecule has 1 aliphatic rings. The van der Waals surface area contributed by atoms with Gasteiger partial charge in [0.2, 0.25) is 0 Å². The van der Waals surface area contributed by atoms with Crippen LogP contribution in [0.2, 0.25) is 0 Å². The van der Waals surface area contributed by atoms with E-state index in [2.05, 4.69) is 57.3 Å². The number of benzene rings is 2. The van der Waals surface area contributed by atoms with Gasteiger partial charge in [-0.2, -0.15) is 0 Å². The lowest BCUT2D eigenvalue weighted by Crippen LogP contribution is -2.33. The smallest absolute Gasteiger partial charge is 0.324 e. The Bertz CT molecular complexity index is 1650. The van der Waals surface area contributed by atoms with Gasteiger partial charge in [-0.15, -0.1) is 0 Å². The number of ether oxygens (including phenoxy) is 1. The maximum Gasteiger partial charge on any atom is 0.324 e. The van der Waals surface area contributed by atoms with Gasteiger partial charge in [0.05, 0.1) is 15.9 Å². The standard InChI is InChI=1S/C30H34N6O3S.C3H8.2H2/c1-30(2,3)26-18-27(34-39-26)33-28(37)31-21-9-7-20(8-10-21)23-19-36-24-12-11-22(17-25(24)40-29(36)32-23)38-16-15-35-13-5-4-6-14-35;1-3-2;;/h7-12,17-19H,4-6,13-16H2,1-3H3,(H2,31,33,34,37);3H2,1-2H3;2*1H. The number of fused-ring (bicyclic) bond motifs is 3. The number of carbonyl (C=O) groups excluding carboxylic acids is 1. The fourth-order valence-corrected chi connectivity index (χ4v) is 5.91. The van der Waals surface area contributed by atoms with Crippen LogP contribution in [-0.4, -0.2) is 51.7 Å². The van der Waals surface area contributed by atoms with Crippen LogP contribution in [0.15, 0.2) is 59.3 Å². The van der Waals surface area contributed by atoms with Gasteiger partial charge in [0.15, 0.2) is 10.8 Å². The second kappa shape index (κ2) is 13.6. The molecule has 10 heteroatoms. The molecule has 0 spiro atoms. The lowest BCUT2D eigenvalue weighted by Gasteiger charge is -2.26. The molecule has 0 atom stereocenters. The highest BCUT2D eigenvalue weighted by molar-refractivity contribution is 7.23. The lowest BCUT2D eigenvalue weighted by molar-refractivity contribution is 0.183.